The van der Waals surface area contributed by atoms with E-state index in [0.717, 1.165) is 32.1 Å². The number of amides is 1. The van der Waals surface area contributed by atoms with E-state index in [9.17, 15) is 9.70 Å². The lowest BCUT2D eigenvalue weighted by molar-refractivity contribution is -0.118. The monoisotopic (exact) mass is 254 g/mol. The molecule has 0 aromatic heterocycles. The molecular formula is C12H22N4O2. The fraction of sp³-hybridized carbons (Fsp3) is 0.917. The van der Waals surface area contributed by atoms with Gasteiger partial charge >= 0.3 is 0 Å². The highest BCUT2D eigenvalue weighted by molar-refractivity contribution is 5.76. The Morgan fingerprint density at radius 2 is 1.39 bits per heavy atom. The minimum absolute atomic E-state index is 0.295. The van der Waals surface area contributed by atoms with Gasteiger partial charge in [-0.3, -0.25) is 4.79 Å². The van der Waals surface area contributed by atoms with Gasteiger partial charge in [0.2, 0.25) is 0 Å². The second-order valence-electron chi connectivity index (χ2n) is 4.37. The van der Waals surface area contributed by atoms with E-state index in [0.29, 0.717) is 13.0 Å². The summed E-state index contributed by atoms with van der Waals surface area (Å²) in [4.78, 5) is 23.1. The smallest absolute Gasteiger partial charge is 0.269 e. The first-order valence-electron chi connectivity index (χ1n) is 6.68. The van der Waals surface area contributed by atoms with Crippen molar-refractivity contribution in [2.45, 2.75) is 64.2 Å². The molecule has 6 heteroatoms. The molecule has 6 nitrogen and oxygen atoms in total. The maximum Gasteiger partial charge on any atom is 0.286 e. The number of carbonyl (C=O) groups is 1. The topological polar surface area (TPSA) is 95.3 Å². The lowest BCUT2D eigenvalue weighted by Gasteiger charge is -2.01. The van der Waals surface area contributed by atoms with Gasteiger partial charge in [-0.05, 0) is 18.4 Å². The number of nitroso groups, excluding NO2 is 1. The number of nitrogens with zero attached hydrogens (tertiary/aromatic N) is 4. The van der Waals surface area contributed by atoms with Crippen LogP contribution in [0.4, 0.5) is 0 Å². The van der Waals surface area contributed by atoms with Crippen LogP contribution in [0, 0.1) is 4.91 Å². The van der Waals surface area contributed by atoms with Crippen molar-refractivity contribution in [1.29, 1.82) is 0 Å². The third-order valence-electron chi connectivity index (χ3n) is 2.81. The van der Waals surface area contributed by atoms with E-state index in [-0.39, 0.29) is 0 Å². The minimum Gasteiger partial charge on any atom is -0.269 e. The molecule has 102 valence electrons. The van der Waals surface area contributed by atoms with Crippen molar-refractivity contribution < 1.29 is 4.79 Å². The van der Waals surface area contributed by atoms with Crippen LogP contribution in [0.15, 0.2) is 10.3 Å². The van der Waals surface area contributed by atoms with Crippen LogP contribution in [0.3, 0.4) is 0 Å². The first kappa shape index (κ1) is 16.6. The van der Waals surface area contributed by atoms with Gasteiger partial charge in [0.25, 0.3) is 5.91 Å². The maximum atomic E-state index is 10.6. The SMILES string of the molecule is [N-]=[N+]=NCCCCCCCCCCCC(=O)N=O. The van der Waals surface area contributed by atoms with Gasteiger partial charge in [0.1, 0.15) is 0 Å². The van der Waals surface area contributed by atoms with Crippen molar-refractivity contribution in [3.63, 3.8) is 0 Å². The van der Waals surface area contributed by atoms with E-state index in [1.807, 2.05) is 0 Å². The average molecular weight is 254 g/mol. The number of carbonyl (C=O) groups excluding carboxylic acids is 1. The Kier molecular flexibility index (Phi) is 12.6. The van der Waals surface area contributed by atoms with Crippen molar-refractivity contribution in [3.05, 3.63) is 15.3 Å². The number of hydrogen-bond acceptors (Lipinski definition) is 3. The summed E-state index contributed by atoms with van der Waals surface area (Å²) in [6.07, 6.45) is 10.1. The van der Waals surface area contributed by atoms with Crippen molar-refractivity contribution in [2.75, 3.05) is 6.54 Å². The van der Waals surface area contributed by atoms with E-state index < -0.39 is 5.91 Å². The summed E-state index contributed by atoms with van der Waals surface area (Å²) in [6, 6.07) is 0. The first-order chi connectivity index (χ1) is 8.81. The normalized spacial score (nSPS) is 9.78. The quantitative estimate of drug-likeness (QED) is 0.168. The molecule has 0 heterocycles. The summed E-state index contributed by atoms with van der Waals surface area (Å²) in [7, 11) is 0. The molecule has 0 N–H and O–H groups in total. The van der Waals surface area contributed by atoms with Crippen LogP contribution < -0.4 is 0 Å². The third kappa shape index (κ3) is 12.6. The second kappa shape index (κ2) is 13.6. The zero-order chi connectivity index (χ0) is 13.5. The zero-order valence-corrected chi connectivity index (χ0v) is 10.9. The molecule has 0 spiro atoms. The van der Waals surface area contributed by atoms with Gasteiger partial charge in [0, 0.05) is 23.1 Å². The Balaban J connectivity index is 3.05. The van der Waals surface area contributed by atoms with Crippen LogP contribution >= 0.6 is 0 Å². The lowest BCUT2D eigenvalue weighted by atomic mass is 10.1. The molecule has 18 heavy (non-hydrogen) atoms. The molecule has 0 atom stereocenters. The lowest BCUT2D eigenvalue weighted by Crippen LogP contribution is -1.91. The summed E-state index contributed by atoms with van der Waals surface area (Å²) in [5, 5.41) is 5.84. The Morgan fingerprint density at radius 3 is 1.89 bits per heavy atom. The van der Waals surface area contributed by atoms with Gasteiger partial charge in [0.15, 0.2) is 0 Å². The first-order valence-corrected chi connectivity index (χ1v) is 6.68. The molecule has 0 radical (unpaired) electrons. The van der Waals surface area contributed by atoms with E-state index in [1.165, 1.54) is 25.7 Å². The summed E-state index contributed by atoms with van der Waals surface area (Å²) in [5.74, 6) is -0.532. The van der Waals surface area contributed by atoms with E-state index in [1.54, 1.807) is 0 Å². The van der Waals surface area contributed by atoms with Crippen molar-refractivity contribution in [2.24, 2.45) is 10.3 Å². The second-order valence-corrected chi connectivity index (χ2v) is 4.37. The van der Waals surface area contributed by atoms with Gasteiger partial charge < -0.3 is 0 Å². The fourth-order valence-corrected chi connectivity index (χ4v) is 1.79. The van der Waals surface area contributed by atoms with Crippen LogP contribution in [0.25, 0.3) is 10.4 Å². The molecular weight excluding hydrogens is 232 g/mol. The number of unbranched alkanes of at least 4 members (excludes halogenated alkanes) is 8. The van der Waals surface area contributed by atoms with Crippen molar-refractivity contribution in [3.8, 4) is 0 Å². The highest BCUT2D eigenvalue weighted by Crippen LogP contribution is 2.10. The fourth-order valence-electron chi connectivity index (χ4n) is 1.79. The summed E-state index contributed by atoms with van der Waals surface area (Å²) in [5.41, 5.74) is 8.07. The summed E-state index contributed by atoms with van der Waals surface area (Å²) < 4.78 is 0. The maximum absolute atomic E-state index is 10.6. The molecule has 0 fully saturated rings. The van der Waals surface area contributed by atoms with Crippen molar-refractivity contribution in [1.82, 2.24) is 0 Å². The minimum atomic E-state index is -0.532. The molecule has 0 aromatic carbocycles. The zero-order valence-electron chi connectivity index (χ0n) is 10.9. The summed E-state index contributed by atoms with van der Waals surface area (Å²) >= 11 is 0. The molecule has 0 aliphatic rings. The molecule has 0 aromatic rings. The predicted molar refractivity (Wildman–Crippen MR) is 71.0 cm³/mol. The Morgan fingerprint density at radius 1 is 0.889 bits per heavy atom. The molecule has 0 aliphatic heterocycles. The largest absolute Gasteiger partial charge is 0.286 e. The van der Waals surface area contributed by atoms with E-state index >= 15 is 0 Å². The van der Waals surface area contributed by atoms with Crippen molar-refractivity contribution >= 4 is 5.91 Å². The molecule has 0 saturated carbocycles. The molecule has 0 saturated heterocycles. The predicted octanol–water partition coefficient (Wildman–Crippen LogP) is 4.49. The van der Waals surface area contributed by atoms with Gasteiger partial charge in [-0.25, -0.2) is 0 Å². The van der Waals surface area contributed by atoms with Gasteiger partial charge in [-0.1, -0.05) is 50.1 Å². The van der Waals surface area contributed by atoms with E-state index in [2.05, 4.69) is 15.2 Å². The highest BCUT2D eigenvalue weighted by Gasteiger charge is 1.99. The molecule has 0 bridgehead atoms. The third-order valence-corrected chi connectivity index (χ3v) is 2.81. The van der Waals surface area contributed by atoms with Crippen LogP contribution in [-0.4, -0.2) is 12.5 Å². The standard InChI is InChI=1S/C12H22N4O2/c13-16-14-11-9-7-5-3-1-2-4-6-8-10-12(17)15-18/h1-11H2. The molecule has 0 unspecified atom stereocenters. The number of rotatable bonds is 12. The highest BCUT2D eigenvalue weighted by atomic mass is 16.3. The Bertz CT molecular complexity index is 275. The van der Waals surface area contributed by atoms with Gasteiger partial charge in [-0.2, -0.15) is 0 Å². The van der Waals surface area contributed by atoms with Crippen LogP contribution in [0.1, 0.15) is 64.2 Å². The van der Waals surface area contributed by atoms with Crippen LogP contribution in [0.5, 0.6) is 0 Å². The van der Waals surface area contributed by atoms with Crippen LogP contribution in [0.2, 0.25) is 0 Å². The molecule has 1 amide bonds. The van der Waals surface area contributed by atoms with Gasteiger partial charge in [0.05, 0.1) is 0 Å². The molecule has 0 rings (SSSR count). The Labute approximate surface area is 108 Å². The van der Waals surface area contributed by atoms with E-state index in [4.69, 9.17) is 5.53 Å². The number of azide groups is 1. The Hall–Kier alpha value is -1.42. The average Bonchev–Trinajstić information content (AvgIpc) is 2.39. The number of hydrogen-bond donors (Lipinski definition) is 0. The van der Waals surface area contributed by atoms with Gasteiger partial charge in [-0.15, -0.1) is 4.91 Å². The van der Waals surface area contributed by atoms with Crippen LogP contribution in [-0.2, 0) is 4.79 Å². The summed E-state index contributed by atoms with van der Waals surface area (Å²) in [6.45, 7) is 0.606. The molecule has 0 aliphatic carbocycles.